The number of epoxide rings is 1. The molecule has 0 amide bonds. The van der Waals surface area contributed by atoms with Crippen LogP contribution in [0.15, 0.2) is 0 Å². The Morgan fingerprint density at radius 3 is 2.42 bits per heavy atom. The van der Waals surface area contributed by atoms with Gasteiger partial charge in [-0.3, -0.25) is 4.79 Å². The molecule has 2 unspecified atom stereocenters. The molecule has 0 bridgehead atoms. The number of ketones is 1. The van der Waals surface area contributed by atoms with E-state index in [2.05, 4.69) is 13.8 Å². The number of Topliss-reactive ketones (excluding diaryl/α,β-unsaturated/α-hetero) is 1. The molecule has 0 aromatic carbocycles. The molecule has 0 aromatic heterocycles. The number of carbonyl (C=O) groups excluding carboxylic acids is 1. The first-order valence-corrected chi connectivity index (χ1v) is 4.54. The molecular formula is C10H16O2. The van der Waals surface area contributed by atoms with E-state index >= 15 is 0 Å². The van der Waals surface area contributed by atoms with Gasteiger partial charge in [-0.15, -0.1) is 0 Å². The van der Waals surface area contributed by atoms with E-state index < -0.39 is 0 Å². The molecule has 0 N–H and O–H groups in total. The van der Waals surface area contributed by atoms with Gasteiger partial charge in [-0.1, -0.05) is 27.7 Å². The lowest BCUT2D eigenvalue weighted by molar-refractivity contribution is -0.131. The first-order valence-electron chi connectivity index (χ1n) is 4.54. The molecule has 12 heavy (non-hydrogen) atoms. The lowest BCUT2D eigenvalue weighted by atomic mass is 9.66. The number of carbonyl (C=O) groups is 1. The van der Waals surface area contributed by atoms with Crippen LogP contribution >= 0.6 is 0 Å². The van der Waals surface area contributed by atoms with Crippen molar-refractivity contribution in [3.8, 4) is 0 Å². The fourth-order valence-corrected chi connectivity index (χ4v) is 2.16. The van der Waals surface area contributed by atoms with Crippen molar-refractivity contribution >= 4 is 5.78 Å². The topological polar surface area (TPSA) is 29.6 Å². The molecule has 1 aliphatic heterocycles. The highest BCUT2D eigenvalue weighted by molar-refractivity contribution is 5.87. The van der Waals surface area contributed by atoms with Crippen LogP contribution in [0.2, 0.25) is 0 Å². The molecular weight excluding hydrogens is 152 g/mol. The highest BCUT2D eigenvalue weighted by Crippen LogP contribution is 2.54. The third kappa shape index (κ3) is 0.875. The minimum atomic E-state index is -0.236. The molecule has 2 rings (SSSR count). The second kappa shape index (κ2) is 1.92. The molecule has 2 heteroatoms. The van der Waals surface area contributed by atoms with E-state index in [1.54, 1.807) is 0 Å². The number of hydrogen-bond donors (Lipinski definition) is 0. The summed E-state index contributed by atoms with van der Waals surface area (Å²) >= 11 is 0. The van der Waals surface area contributed by atoms with Crippen molar-refractivity contribution in [1.82, 2.24) is 0 Å². The molecule has 68 valence electrons. The van der Waals surface area contributed by atoms with E-state index in [1.165, 1.54) is 0 Å². The predicted octanol–water partition coefficient (Wildman–Crippen LogP) is 1.78. The predicted molar refractivity (Wildman–Crippen MR) is 45.8 cm³/mol. The summed E-state index contributed by atoms with van der Waals surface area (Å²) in [4.78, 5) is 11.7. The van der Waals surface area contributed by atoms with Crippen LogP contribution in [0.5, 0.6) is 0 Å². The van der Waals surface area contributed by atoms with Gasteiger partial charge in [-0.05, 0) is 0 Å². The lowest BCUT2D eigenvalue weighted by Gasteiger charge is -2.33. The van der Waals surface area contributed by atoms with Crippen molar-refractivity contribution in [2.24, 2.45) is 10.8 Å². The molecule has 2 fully saturated rings. The Labute approximate surface area is 73.3 Å². The van der Waals surface area contributed by atoms with Crippen molar-refractivity contribution in [1.29, 1.82) is 0 Å². The minimum absolute atomic E-state index is 0.0667. The first kappa shape index (κ1) is 8.24. The zero-order chi connectivity index (χ0) is 9.15. The second-order valence-electron chi connectivity index (χ2n) is 5.29. The van der Waals surface area contributed by atoms with Crippen molar-refractivity contribution in [3.05, 3.63) is 0 Å². The molecule has 2 atom stereocenters. The normalized spacial score (nSPS) is 42.2. The Kier molecular flexibility index (Phi) is 1.32. The summed E-state index contributed by atoms with van der Waals surface area (Å²) in [6.45, 7) is 8.22. The van der Waals surface area contributed by atoms with E-state index in [1.807, 2.05) is 13.8 Å². The van der Waals surface area contributed by atoms with Crippen LogP contribution in [0.4, 0.5) is 0 Å². The zero-order valence-corrected chi connectivity index (χ0v) is 8.18. The summed E-state index contributed by atoms with van der Waals surface area (Å²) in [6, 6.07) is 0. The van der Waals surface area contributed by atoms with E-state index in [-0.39, 0.29) is 16.9 Å². The lowest BCUT2D eigenvalue weighted by Crippen LogP contribution is -2.42. The summed E-state index contributed by atoms with van der Waals surface area (Å²) in [5, 5.41) is 0. The fraction of sp³-hybridized carbons (Fsp3) is 0.900. The molecule has 0 spiro atoms. The minimum Gasteiger partial charge on any atom is -0.368 e. The zero-order valence-electron chi connectivity index (χ0n) is 8.18. The molecule has 1 saturated heterocycles. The van der Waals surface area contributed by atoms with Gasteiger partial charge in [-0.2, -0.15) is 0 Å². The van der Waals surface area contributed by atoms with Gasteiger partial charge >= 0.3 is 0 Å². The van der Waals surface area contributed by atoms with Gasteiger partial charge in [0.2, 0.25) is 0 Å². The van der Waals surface area contributed by atoms with Crippen LogP contribution in [0, 0.1) is 10.8 Å². The Morgan fingerprint density at radius 1 is 1.25 bits per heavy atom. The average Bonchev–Trinajstić information content (AvgIpc) is 2.60. The maximum atomic E-state index is 11.7. The molecule has 0 aromatic rings. The number of rotatable bonds is 0. The Bertz CT molecular complexity index is 240. The van der Waals surface area contributed by atoms with Crippen molar-refractivity contribution in [2.45, 2.75) is 46.3 Å². The van der Waals surface area contributed by atoms with Gasteiger partial charge in [0, 0.05) is 11.8 Å². The maximum Gasteiger partial charge on any atom is 0.141 e. The largest absolute Gasteiger partial charge is 0.368 e. The quantitative estimate of drug-likeness (QED) is 0.516. The van der Waals surface area contributed by atoms with Crippen LogP contribution in [0.1, 0.15) is 34.1 Å². The number of fused-ring (bicyclic) bond motifs is 1. The molecule has 2 nitrogen and oxygen atoms in total. The second-order valence-corrected chi connectivity index (χ2v) is 5.29. The summed E-state index contributed by atoms with van der Waals surface area (Å²) in [5.74, 6) is 0.353. The molecule has 1 heterocycles. The highest BCUT2D eigenvalue weighted by atomic mass is 16.6. The molecule has 2 aliphatic rings. The third-order valence-corrected chi connectivity index (χ3v) is 3.31. The third-order valence-electron chi connectivity index (χ3n) is 3.31. The van der Waals surface area contributed by atoms with Gasteiger partial charge in [0.1, 0.15) is 5.78 Å². The van der Waals surface area contributed by atoms with Crippen LogP contribution < -0.4 is 0 Å². The van der Waals surface area contributed by atoms with E-state index in [0.29, 0.717) is 18.3 Å². The van der Waals surface area contributed by atoms with Crippen LogP contribution in [-0.2, 0) is 9.53 Å². The summed E-state index contributed by atoms with van der Waals surface area (Å²) < 4.78 is 5.56. The van der Waals surface area contributed by atoms with Gasteiger partial charge in [0.25, 0.3) is 0 Å². The average molecular weight is 168 g/mol. The summed E-state index contributed by atoms with van der Waals surface area (Å²) in [5.41, 5.74) is -0.169. The number of ether oxygens (including phenoxy) is 1. The van der Waals surface area contributed by atoms with Gasteiger partial charge in [0.05, 0.1) is 17.6 Å². The Morgan fingerprint density at radius 2 is 1.83 bits per heavy atom. The Balaban J connectivity index is 2.28. The van der Waals surface area contributed by atoms with Crippen molar-refractivity contribution in [2.75, 3.05) is 0 Å². The van der Waals surface area contributed by atoms with Crippen molar-refractivity contribution in [3.63, 3.8) is 0 Å². The summed E-state index contributed by atoms with van der Waals surface area (Å²) in [7, 11) is 0. The molecule has 1 aliphatic carbocycles. The van der Waals surface area contributed by atoms with E-state index in [4.69, 9.17) is 4.74 Å². The highest BCUT2D eigenvalue weighted by Gasteiger charge is 2.63. The monoisotopic (exact) mass is 168 g/mol. The maximum absolute atomic E-state index is 11.7. The fourth-order valence-electron chi connectivity index (χ4n) is 2.16. The van der Waals surface area contributed by atoms with Crippen LogP contribution in [0.25, 0.3) is 0 Å². The van der Waals surface area contributed by atoms with Gasteiger partial charge in [-0.25, -0.2) is 0 Å². The standard InChI is InChI=1S/C10H16O2/c1-9(2)5-6(11)10(3,4)8-7(9)12-8/h7-8H,5H2,1-4H3. The van der Waals surface area contributed by atoms with E-state index in [0.717, 1.165) is 0 Å². The van der Waals surface area contributed by atoms with Gasteiger partial charge < -0.3 is 4.74 Å². The number of hydrogen-bond acceptors (Lipinski definition) is 2. The molecule has 0 radical (unpaired) electrons. The van der Waals surface area contributed by atoms with Crippen LogP contribution in [-0.4, -0.2) is 18.0 Å². The van der Waals surface area contributed by atoms with Crippen LogP contribution in [0.3, 0.4) is 0 Å². The SMILES string of the molecule is CC1(C)CC(=O)C(C)(C)C2OC21. The van der Waals surface area contributed by atoms with Gasteiger partial charge in [0.15, 0.2) is 0 Å². The molecule has 1 saturated carbocycles. The van der Waals surface area contributed by atoms with E-state index in [9.17, 15) is 4.79 Å². The summed E-state index contributed by atoms with van der Waals surface area (Å²) in [6.07, 6.45) is 1.18. The van der Waals surface area contributed by atoms with Crippen molar-refractivity contribution < 1.29 is 9.53 Å². The smallest absolute Gasteiger partial charge is 0.141 e. The Hall–Kier alpha value is -0.370. The first-order chi connectivity index (χ1) is 5.36.